The average molecular weight is 220 g/mol. The van der Waals surface area contributed by atoms with Crippen LogP contribution in [0.1, 0.15) is 31.5 Å². The lowest BCUT2D eigenvalue weighted by Gasteiger charge is -2.35. The molecule has 4 heteroatoms. The van der Waals surface area contributed by atoms with E-state index in [1.54, 1.807) is 12.4 Å². The highest BCUT2D eigenvalue weighted by Crippen LogP contribution is 2.20. The molecule has 0 unspecified atom stereocenters. The Morgan fingerprint density at radius 3 is 3.00 bits per heavy atom. The zero-order chi connectivity index (χ0) is 11.4. The van der Waals surface area contributed by atoms with Crippen LogP contribution in [-0.2, 0) is 0 Å². The van der Waals surface area contributed by atoms with E-state index in [4.69, 9.17) is 0 Å². The maximum atomic E-state index is 4.37. The second kappa shape index (κ2) is 5.37. The number of hydrogen-bond donors (Lipinski definition) is 1. The summed E-state index contributed by atoms with van der Waals surface area (Å²) in [7, 11) is 2.18. The van der Waals surface area contributed by atoms with E-state index in [1.807, 2.05) is 6.20 Å². The first-order valence-corrected chi connectivity index (χ1v) is 5.97. The van der Waals surface area contributed by atoms with E-state index < -0.39 is 0 Å². The average Bonchev–Trinajstić information content (AvgIpc) is 2.39. The highest BCUT2D eigenvalue weighted by Gasteiger charge is 2.23. The van der Waals surface area contributed by atoms with E-state index in [0.717, 1.165) is 18.8 Å². The van der Waals surface area contributed by atoms with Crippen LogP contribution in [0.2, 0.25) is 0 Å². The fraction of sp³-hybridized carbons (Fsp3) is 0.667. The standard InChI is InChI=1S/C12H20N4/c1-10(12-9-14-6-7-15-12)16(2)11-4-3-5-13-8-11/h6-7,9-11,13H,3-5,8H2,1-2H3/t10-,11-/m1/s1. The molecule has 2 atom stereocenters. The lowest BCUT2D eigenvalue weighted by atomic mass is 10.0. The third-order valence-electron chi connectivity index (χ3n) is 3.47. The smallest absolute Gasteiger partial charge is 0.0755 e. The van der Waals surface area contributed by atoms with Crippen LogP contribution in [0.25, 0.3) is 0 Å². The van der Waals surface area contributed by atoms with Crippen molar-refractivity contribution in [2.24, 2.45) is 0 Å². The van der Waals surface area contributed by atoms with Crippen molar-refractivity contribution >= 4 is 0 Å². The Morgan fingerprint density at radius 1 is 1.50 bits per heavy atom. The van der Waals surface area contributed by atoms with Crippen LogP contribution in [0, 0.1) is 0 Å². The number of aromatic nitrogens is 2. The van der Waals surface area contributed by atoms with Crippen LogP contribution in [0.4, 0.5) is 0 Å². The van der Waals surface area contributed by atoms with Gasteiger partial charge in [-0.1, -0.05) is 0 Å². The quantitative estimate of drug-likeness (QED) is 0.831. The first kappa shape index (κ1) is 11.5. The summed E-state index contributed by atoms with van der Waals surface area (Å²) in [5, 5.41) is 3.44. The summed E-state index contributed by atoms with van der Waals surface area (Å²) >= 11 is 0. The lowest BCUT2D eigenvalue weighted by molar-refractivity contribution is 0.153. The highest BCUT2D eigenvalue weighted by molar-refractivity contribution is 5.02. The predicted molar refractivity (Wildman–Crippen MR) is 64.1 cm³/mol. The Hall–Kier alpha value is -1.00. The van der Waals surface area contributed by atoms with Crippen molar-refractivity contribution in [1.29, 1.82) is 0 Å². The van der Waals surface area contributed by atoms with Gasteiger partial charge in [-0.2, -0.15) is 0 Å². The minimum Gasteiger partial charge on any atom is -0.315 e. The van der Waals surface area contributed by atoms with Crippen LogP contribution in [0.15, 0.2) is 18.6 Å². The van der Waals surface area contributed by atoms with E-state index in [9.17, 15) is 0 Å². The van der Waals surface area contributed by atoms with Gasteiger partial charge in [0, 0.05) is 31.2 Å². The van der Waals surface area contributed by atoms with Gasteiger partial charge in [-0.15, -0.1) is 0 Å². The zero-order valence-corrected chi connectivity index (χ0v) is 10.1. The van der Waals surface area contributed by atoms with E-state index in [2.05, 4.69) is 34.2 Å². The van der Waals surface area contributed by atoms with Crippen molar-refractivity contribution < 1.29 is 0 Å². The summed E-state index contributed by atoms with van der Waals surface area (Å²) in [4.78, 5) is 10.9. The molecule has 0 aliphatic carbocycles. The molecule has 1 aromatic rings. The number of piperidine rings is 1. The summed E-state index contributed by atoms with van der Waals surface area (Å²) in [6.45, 7) is 4.43. The van der Waals surface area contributed by atoms with Crippen molar-refractivity contribution in [3.05, 3.63) is 24.3 Å². The first-order chi connectivity index (χ1) is 7.79. The number of nitrogens with one attached hydrogen (secondary N) is 1. The molecule has 1 aliphatic heterocycles. The van der Waals surface area contributed by atoms with Gasteiger partial charge in [0.2, 0.25) is 0 Å². The monoisotopic (exact) mass is 220 g/mol. The maximum Gasteiger partial charge on any atom is 0.0755 e. The normalized spacial score (nSPS) is 23.3. The number of nitrogens with zero attached hydrogens (tertiary/aromatic N) is 3. The van der Waals surface area contributed by atoms with Crippen LogP contribution in [0.5, 0.6) is 0 Å². The maximum absolute atomic E-state index is 4.37. The van der Waals surface area contributed by atoms with Gasteiger partial charge in [0.1, 0.15) is 0 Å². The van der Waals surface area contributed by atoms with Crippen molar-refractivity contribution in [2.75, 3.05) is 20.1 Å². The fourth-order valence-corrected chi connectivity index (χ4v) is 2.23. The molecule has 0 bridgehead atoms. The highest BCUT2D eigenvalue weighted by atomic mass is 15.2. The third-order valence-corrected chi connectivity index (χ3v) is 3.47. The molecule has 0 saturated carbocycles. The Labute approximate surface area is 97.1 Å². The summed E-state index contributed by atoms with van der Waals surface area (Å²) in [6.07, 6.45) is 7.88. The fourth-order valence-electron chi connectivity index (χ4n) is 2.23. The molecule has 0 aromatic carbocycles. The topological polar surface area (TPSA) is 41.1 Å². The van der Waals surface area contributed by atoms with E-state index in [1.165, 1.54) is 12.8 Å². The molecule has 0 spiro atoms. The molecular weight excluding hydrogens is 200 g/mol. The Kier molecular flexibility index (Phi) is 3.85. The molecule has 1 saturated heterocycles. The molecule has 1 aliphatic rings. The van der Waals surface area contributed by atoms with Gasteiger partial charge < -0.3 is 5.32 Å². The van der Waals surface area contributed by atoms with Gasteiger partial charge in [-0.05, 0) is 33.4 Å². The first-order valence-electron chi connectivity index (χ1n) is 5.97. The molecular formula is C12H20N4. The largest absolute Gasteiger partial charge is 0.315 e. The molecule has 0 radical (unpaired) electrons. The molecule has 2 heterocycles. The van der Waals surface area contributed by atoms with Crippen LogP contribution >= 0.6 is 0 Å². The molecule has 4 nitrogen and oxygen atoms in total. The van der Waals surface area contributed by atoms with Gasteiger partial charge >= 0.3 is 0 Å². The SMILES string of the molecule is C[C@H](c1cnccn1)N(C)[C@@H]1CCCNC1. The molecule has 0 amide bonds. The van der Waals surface area contributed by atoms with Crippen LogP contribution in [-0.4, -0.2) is 41.0 Å². The van der Waals surface area contributed by atoms with Crippen LogP contribution < -0.4 is 5.32 Å². The number of likely N-dealkylation sites (N-methyl/N-ethyl adjacent to an activating group) is 1. The Bertz CT molecular complexity index is 308. The van der Waals surface area contributed by atoms with E-state index in [0.29, 0.717) is 12.1 Å². The lowest BCUT2D eigenvalue weighted by Crippen LogP contribution is -2.45. The molecule has 1 fully saturated rings. The van der Waals surface area contributed by atoms with Gasteiger partial charge in [0.05, 0.1) is 11.7 Å². The van der Waals surface area contributed by atoms with Crippen molar-refractivity contribution in [3.8, 4) is 0 Å². The third kappa shape index (κ3) is 2.57. The van der Waals surface area contributed by atoms with Gasteiger partial charge in [0.15, 0.2) is 0 Å². The molecule has 1 aromatic heterocycles. The molecule has 88 valence electrons. The van der Waals surface area contributed by atoms with Crippen LogP contribution in [0.3, 0.4) is 0 Å². The Balaban J connectivity index is 2.00. The number of hydrogen-bond acceptors (Lipinski definition) is 4. The zero-order valence-electron chi connectivity index (χ0n) is 10.1. The second-order valence-corrected chi connectivity index (χ2v) is 4.47. The Morgan fingerprint density at radius 2 is 2.38 bits per heavy atom. The molecule has 1 N–H and O–H groups in total. The molecule has 2 rings (SSSR count). The summed E-state index contributed by atoms with van der Waals surface area (Å²) in [6, 6.07) is 0.948. The summed E-state index contributed by atoms with van der Waals surface area (Å²) < 4.78 is 0. The van der Waals surface area contributed by atoms with Gasteiger partial charge in [-0.25, -0.2) is 0 Å². The minimum atomic E-state index is 0.332. The van der Waals surface area contributed by atoms with Crippen molar-refractivity contribution in [2.45, 2.75) is 31.8 Å². The van der Waals surface area contributed by atoms with Gasteiger partial charge in [-0.3, -0.25) is 14.9 Å². The minimum absolute atomic E-state index is 0.332. The van der Waals surface area contributed by atoms with E-state index >= 15 is 0 Å². The predicted octanol–water partition coefficient (Wildman–Crippen LogP) is 1.22. The molecule has 16 heavy (non-hydrogen) atoms. The van der Waals surface area contributed by atoms with Gasteiger partial charge in [0.25, 0.3) is 0 Å². The van der Waals surface area contributed by atoms with E-state index in [-0.39, 0.29) is 0 Å². The van der Waals surface area contributed by atoms with Crippen molar-refractivity contribution in [3.63, 3.8) is 0 Å². The van der Waals surface area contributed by atoms with Crippen molar-refractivity contribution in [1.82, 2.24) is 20.2 Å². The summed E-state index contributed by atoms with van der Waals surface area (Å²) in [5.41, 5.74) is 1.05. The number of rotatable bonds is 3. The second-order valence-electron chi connectivity index (χ2n) is 4.47. The summed E-state index contributed by atoms with van der Waals surface area (Å²) in [5.74, 6) is 0.